The molecule has 0 bridgehead atoms. The number of hydrogen-bond donors (Lipinski definition) is 1. The van der Waals surface area contributed by atoms with Crippen LogP contribution in [0.15, 0.2) is 24.3 Å². The Hall–Kier alpha value is -0.470. The topological polar surface area (TPSA) is 26.0 Å². The Morgan fingerprint density at radius 1 is 1.25 bits per heavy atom. The lowest BCUT2D eigenvalue weighted by Crippen LogP contribution is -2.26. The Labute approximate surface area is 104 Å². The summed E-state index contributed by atoms with van der Waals surface area (Å²) in [7, 11) is 0. The summed E-state index contributed by atoms with van der Waals surface area (Å²) < 4.78 is 0. The maximum absolute atomic E-state index is 6.12. The summed E-state index contributed by atoms with van der Waals surface area (Å²) in [6.45, 7) is 6.63. The van der Waals surface area contributed by atoms with Gasteiger partial charge in [-0.1, -0.05) is 43.7 Å². The van der Waals surface area contributed by atoms with Crippen molar-refractivity contribution in [2.24, 2.45) is 11.7 Å². The highest BCUT2D eigenvalue weighted by Gasteiger charge is 2.05. The molecule has 0 radical (unpaired) electrons. The van der Waals surface area contributed by atoms with Gasteiger partial charge in [0.2, 0.25) is 0 Å². The molecule has 0 aliphatic rings. The number of hydrogen-bond acceptors (Lipinski definition) is 2. The normalized spacial score (nSPS) is 13.1. The molecule has 1 aromatic rings. The van der Waals surface area contributed by atoms with Crippen molar-refractivity contribution in [2.75, 3.05) is 11.5 Å². The molecule has 90 valence electrons. The fourth-order valence-electron chi connectivity index (χ4n) is 1.66. The summed E-state index contributed by atoms with van der Waals surface area (Å²) in [6.07, 6.45) is 0.993. The standard InChI is InChI=1S/C14H23NS/c1-11(2)9-16-10-14(15)8-13-6-4-5-12(3)7-13/h4-7,11,14H,8-10,15H2,1-3H3. The predicted molar refractivity (Wildman–Crippen MR) is 75.0 cm³/mol. The first-order valence-electron chi connectivity index (χ1n) is 5.97. The average molecular weight is 237 g/mol. The molecular formula is C14H23NS. The van der Waals surface area contributed by atoms with Crippen LogP contribution >= 0.6 is 11.8 Å². The lowest BCUT2D eigenvalue weighted by molar-refractivity contribution is 0.731. The van der Waals surface area contributed by atoms with Crippen molar-refractivity contribution in [1.29, 1.82) is 0 Å². The molecule has 1 aromatic carbocycles. The van der Waals surface area contributed by atoms with Gasteiger partial charge in [0.1, 0.15) is 0 Å². The average Bonchev–Trinajstić information content (AvgIpc) is 2.16. The Bertz CT molecular complexity index is 309. The van der Waals surface area contributed by atoms with Crippen LogP contribution in [0.1, 0.15) is 25.0 Å². The number of aryl methyl sites for hydroxylation is 1. The fourth-order valence-corrected chi connectivity index (χ4v) is 2.68. The summed E-state index contributed by atoms with van der Waals surface area (Å²) in [4.78, 5) is 0. The fraction of sp³-hybridized carbons (Fsp3) is 0.571. The molecule has 0 aliphatic carbocycles. The molecule has 1 rings (SSSR count). The Balaban J connectivity index is 2.31. The van der Waals surface area contributed by atoms with E-state index in [4.69, 9.17) is 5.73 Å². The van der Waals surface area contributed by atoms with Gasteiger partial charge in [-0.15, -0.1) is 0 Å². The van der Waals surface area contributed by atoms with Crippen LogP contribution in [-0.4, -0.2) is 17.5 Å². The molecule has 16 heavy (non-hydrogen) atoms. The zero-order chi connectivity index (χ0) is 12.0. The maximum Gasteiger partial charge on any atom is 0.0171 e. The van der Waals surface area contributed by atoms with Crippen molar-refractivity contribution in [3.05, 3.63) is 35.4 Å². The molecule has 0 fully saturated rings. The van der Waals surface area contributed by atoms with E-state index in [9.17, 15) is 0 Å². The zero-order valence-electron chi connectivity index (χ0n) is 10.6. The third-order valence-electron chi connectivity index (χ3n) is 2.36. The SMILES string of the molecule is Cc1cccc(CC(N)CSCC(C)C)c1. The Morgan fingerprint density at radius 2 is 2.00 bits per heavy atom. The number of nitrogens with two attached hydrogens (primary N) is 1. The van der Waals surface area contributed by atoms with Crippen LogP contribution in [0, 0.1) is 12.8 Å². The summed E-state index contributed by atoms with van der Waals surface area (Å²) >= 11 is 1.97. The lowest BCUT2D eigenvalue weighted by Gasteiger charge is -2.12. The van der Waals surface area contributed by atoms with Gasteiger partial charge >= 0.3 is 0 Å². The molecule has 0 aliphatic heterocycles. The molecule has 0 aromatic heterocycles. The van der Waals surface area contributed by atoms with Crippen LogP contribution in [0.2, 0.25) is 0 Å². The number of benzene rings is 1. The smallest absolute Gasteiger partial charge is 0.0171 e. The van der Waals surface area contributed by atoms with Crippen molar-refractivity contribution < 1.29 is 0 Å². The lowest BCUT2D eigenvalue weighted by atomic mass is 10.1. The van der Waals surface area contributed by atoms with E-state index in [-0.39, 0.29) is 6.04 Å². The van der Waals surface area contributed by atoms with Crippen LogP contribution in [0.4, 0.5) is 0 Å². The molecule has 0 saturated heterocycles. The Kier molecular flexibility index (Phi) is 5.93. The highest BCUT2D eigenvalue weighted by Crippen LogP contribution is 2.12. The molecule has 0 saturated carbocycles. The molecule has 0 spiro atoms. The van der Waals surface area contributed by atoms with Crippen molar-refractivity contribution in [1.82, 2.24) is 0 Å². The van der Waals surface area contributed by atoms with E-state index in [0.29, 0.717) is 0 Å². The summed E-state index contributed by atoms with van der Waals surface area (Å²) in [5, 5.41) is 0. The molecule has 1 atom stereocenters. The molecule has 1 unspecified atom stereocenters. The van der Waals surface area contributed by atoms with Gasteiger partial charge in [0.25, 0.3) is 0 Å². The first-order valence-corrected chi connectivity index (χ1v) is 7.12. The highest BCUT2D eigenvalue weighted by molar-refractivity contribution is 7.99. The maximum atomic E-state index is 6.12. The third kappa shape index (κ3) is 5.57. The first-order chi connectivity index (χ1) is 7.58. The predicted octanol–water partition coefficient (Wildman–Crippen LogP) is 3.25. The van der Waals surface area contributed by atoms with Gasteiger partial charge in [-0.25, -0.2) is 0 Å². The van der Waals surface area contributed by atoms with Gasteiger partial charge in [-0.3, -0.25) is 0 Å². The van der Waals surface area contributed by atoms with E-state index < -0.39 is 0 Å². The molecule has 1 nitrogen and oxygen atoms in total. The van der Waals surface area contributed by atoms with Crippen molar-refractivity contribution in [3.63, 3.8) is 0 Å². The van der Waals surface area contributed by atoms with Crippen molar-refractivity contribution in [2.45, 2.75) is 33.2 Å². The van der Waals surface area contributed by atoms with Crippen LogP contribution in [0.3, 0.4) is 0 Å². The minimum Gasteiger partial charge on any atom is -0.327 e. The molecule has 0 amide bonds. The van der Waals surface area contributed by atoms with E-state index in [1.54, 1.807) is 0 Å². The minimum atomic E-state index is 0.283. The van der Waals surface area contributed by atoms with E-state index in [1.807, 2.05) is 11.8 Å². The van der Waals surface area contributed by atoms with Crippen molar-refractivity contribution >= 4 is 11.8 Å². The van der Waals surface area contributed by atoms with Crippen LogP contribution < -0.4 is 5.73 Å². The van der Waals surface area contributed by atoms with E-state index in [0.717, 1.165) is 18.1 Å². The summed E-state index contributed by atoms with van der Waals surface area (Å²) in [6, 6.07) is 8.92. The first kappa shape index (κ1) is 13.6. The van der Waals surface area contributed by atoms with E-state index in [2.05, 4.69) is 45.0 Å². The van der Waals surface area contributed by atoms with Crippen molar-refractivity contribution in [3.8, 4) is 0 Å². The second-order valence-corrected chi connectivity index (χ2v) is 5.96. The number of thioether (sulfide) groups is 1. The Morgan fingerprint density at radius 3 is 2.62 bits per heavy atom. The van der Waals surface area contributed by atoms with Gasteiger partial charge in [0, 0.05) is 11.8 Å². The van der Waals surface area contributed by atoms with Crippen LogP contribution in [0.25, 0.3) is 0 Å². The van der Waals surface area contributed by atoms with Gasteiger partial charge in [0.05, 0.1) is 0 Å². The van der Waals surface area contributed by atoms with Gasteiger partial charge in [-0.2, -0.15) is 11.8 Å². The summed E-state index contributed by atoms with van der Waals surface area (Å²) in [5.74, 6) is 3.03. The quantitative estimate of drug-likeness (QED) is 0.822. The molecule has 0 heterocycles. The minimum absolute atomic E-state index is 0.283. The van der Waals surface area contributed by atoms with Crippen LogP contribution in [-0.2, 0) is 6.42 Å². The summed E-state index contributed by atoms with van der Waals surface area (Å²) in [5.41, 5.74) is 8.80. The second kappa shape index (κ2) is 6.97. The van der Waals surface area contributed by atoms with E-state index in [1.165, 1.54) is 16.9 Å². The van der Waals surface area contributed by atoms with Gasteiger partial charge in [0.15, 0.2) is 0 Å². The highest BCUT2D eigenvalue weighted by atomic mass is 32.2. The van der Waals surface area contributed by atoms with Crippen LogP contribution in [0.5, 0.6) is 0 Å². The second-order valence-electron chi connectivity index (χ2n) is 4.88. The molecule has 2 heteroatoms. The zero-order valence-corrected chi connectivity index (χ0v) is 11.4. The third-order valence-corrected chi connectivity index (χ3v) is 3.93. The monoisotopic (exact) mass is 237 g/mol. The van der Waals surface area contributed by atoms with E-state index >= 15 is 0 Å². The largest absolute Gasteiger partial charge is 0.327 e. The van der Waals surface area contributed by atoms with Gasteiger partial charge in [-0.05, 0) is 30.6 Å². The molecular weight excluding hydrogens is 214 g/mol. The number of rotatable bonds is 6. The van der Waals surface area contributed by atoms with Gasteiger partial charge < -0.3 is 5.73 Å². The molecule has 2 N–H and O–H groups in total.